The van der Waals surface area contributed by atoms with E-state index in [-0.39, 0.29) is 43.1 Å². The van der Waals surface area contributed by atoms with Crippen molar-refractivity contribution >= 4 is 23.6 Å². The monoisotopic (exact) mass is 380 g/mol. The van der Waals surface area contributed by atoms with Crippen LogP contribution in [0.4, 0.5) is 4.39 Å². The number of aromatic nitrogens is 4. The third kappa shape index (κ3) is 4.48. The Morgan fingerprint density at radius 1 is 1.46 bits per heavy atom. The predicted molar refractivity (Wildman–Crippen MR) is 89.8 cm³/mol. The van der Waals surface area contributed by atoms with Gasteiger partial charge >= 0.3 is 0 Å². The molecule has 9 nitrogen and oxygen atoms in total. The fourth-order valence-corrected chi connectivity index (χ4v) is 3.08. The molecule has 0 fully saturated rings. The average molecular weight is 380 g/mol. The number of halogens is 1. The van der Waals surface area contributed by atoms with Crippen molar-refractivity contribution in [3.63, 3.8) is 0 Å². The van der Waals surface area contributed by atoms with E-state index in [2.05, 4.69) is 20.8 Å². The summed E-state index contributed by atoms with van der Waals surface area (Å²) in [6.07, 6.45) is 0. The highest BCUT2D eigenvalue weighted by Gasteiger charge is 2.21. The molecule has 1 N–H and O–H groups in total. The van der Waals surface area contributed by atoms with E-state index in [0.29, 0.717) is 23.0 Å². The van der Waals surface area contributed by atoms with E-state index in [1.165, 1.54) is 39.5 Å². The number of benzene rings is 1. The van der Waals surface area contributed by atoms with Crippen molar-refractivity contribution < 1.29 is 18.7 Å². The van der Waals surface area contributed by atoms with E-state index in [0.717, 1.165) is 0 Å². The molecule has 0 saturated carbocycles. The number of fused-ring (bicyclic) bond motifs is 1. The second-order valence-corrected chi connectivity index (χ2v) is 6.52. The number of thioether (sulfide) groups is 1. The van der Waals surface area contributed by atoms with Gasteiger partial charge in [-0.3, -0.25) is 9.59 Å². The molecule has 2 amide bonds. The predicted octanol–water partition coefficient (Wildman–Crippen LogP) is -0.0213. The Balaban J connectivity index is 1.48. The molecule has 1 aliphatic heterocycles. The molecule has 3 rings (SSSR count). The smallest absolute Gasteiger partial charge is 0.260 e. The van der Waals surface area contributed by atoms with Gasteiger partial charge in [0.15, 0.2) is 6.61 Å². The fraction of sp³-hybridized carbons (Fsp3) is 0.400. The number of hydrogen-bond donors (Lipinski definition) is 1. The minimum absolute atomic E-state index is 0.110. The molecule has 0 saturated heterocycles. The molecular weight excluding hydrogens is 363 g/mol. The molecule has 2 aromatic rings. The third-order valence-corrected chi connectivity index (χ3v) is 4.72. The van der Waals surface area contributed by atoms with Crippen LogP contribution in [0.2, 0.25) is 0 Å². The lowest BCUT2D eigenvalue weighted by Crippen LogP contribution is -2.39. The lowest BCUT2D eigenvalue weighted by Gasteiger charge is -2.20. The minimum Gasteiger partial charge on any atom is -0.483 e. The highest BCUT2D eigenvalue weighted by atomic mass is 32.2. The Morgan fingerprint density at radius 3 is 3.08 bits per heavy atom. The number of nitrogens with one attached hydrogen (secondary N) is 1. The molecule has 0 unspecified atom stereocenters. The summed E-state index contributed by atoms with van der Waals surface area (Å²) in [5.41, 5.74) is 0.604. The van der Waals surface area contributed by atoms with E-state index in [1.54, 1.807) is 7.05 Å². The largest absolute Gasteiger partial charge is 0.483 e. The molecule has 1 aromatic heterocycles. The maximum Gasteiger partial charge on any atom is 0.260 e. The Kier molecular flexibility index (Phi) is 5.66. The normalized spacial score (nSPS) is 13.8. The van der Waals surface area contributed by atoms with Gasteiger partial charge in [0.2, 0.25) is 11.1 Å². The molecule has 2 heterocycles. The summed E-state index contributed by atoms with van der Waals surface area (Å²) in [7, 11) is 1.69. The number of ether oxygens (including phenoxy) is 1. The van der Waals surface area contributed by atoms with Gasteiger partial charge in [-0.1, -0.05) is 11.8 Å². The zero-order valence-electron chi connectivity index (χ0n) is 14.0. The minimum atomic E-state index is -0.384. The van der Waals surface area contributed by atoms with Crippen LogP contribution in [-0.4, -0.2) is 62.4 Å². The maximum absolute atomic E-state index is 13.4. The van der Waals surface area contributed by atoms with Crippen LogP contribution in [0.15, 0.2) is 23.4 Å². The molecule has 1 aliphatic rings. The van der Waals surface area contributed by atoms with Gasteiger partial charge in [0, 0.05) is 32.2 Å². The average Bonchev–Trinajstić information content (AvgIpc) is 2.96. The maximum atomic E-state index is 13.4. The SMILES string of the molecule is Cn1nnnc1SCC(=O)NCCN1Cc2cc(F)ccc2OCC1=O. The number of rotatable bonds is 6. The van der Waals surface area contributed by atoms with Crippen molar-refractivity contribution in [1.29, 1.82) is 0 Å². The van der Waals surface area contributed by atoms with Crippen LogP contribution in [0.1, 0.15) is 5.56 Å². The molecule has 0 aliphatic carbocycles. The fourth-order valence-electron chi connectivity index (χ4n) is 2.40. The van der Waals surface area contributed by atoms with Gasteiger partial charge in [-0.05, 0) is 28.6 Å². The lowest BCUT2D eigenvalue weighted by molar-refractivity contribution is -0.133. The van der Waals surface area contributed by atoms with Crippen LogP contribution in [0.3, 0.4) is 0 Å². The van der Waals surface area contributed by atoms with Crippen LogP contribution >= 0.6 is 11.8 Å². The highest BCUT2D eigenvalue weighted by Crippen LogP contribution is 2.24. The topological polar surface area (TPSA) is 102 Å². The summed E-state index contributed by atoms with van der Waals surface area (Å²) in [5.74, 6) is -0.122. The number of carbonyl (C=O) groups excluding carboxylic acids is 2. The molecule has 0 atom stereocenters. The molecular formula is C15H17FN6O3S. The quantitative estimate of drug-likeness (QED) is 0.703. The molecule has 0 radical (unpaired) electrons. The summed E-state index contributed by atoms with van der Waals surface area (Å²) in [6.45, 7) is 0.718. The van der Waals surface area contributed by atoms with Gasteiger partial charge in [0.1, 0.15) is 11.6 Å². The molecule has 0 bridgehead atoms. The first-order valence-electron chi connectivity index (χ1n) is 7.84. The van der Waals surface area contributed by atoms with Gasteiger partial charge in [-0.2, -0.15) is 0 Å². The molecule has 1 aromatic carbocycles. The zero-order valence-corrected chi connectivity index (χ0v) is 14.8. The van der Waals surface area contributed by atoms with Crippen LogP contribution in [0, 0.1) is 5.82 Å². The second kappa shape index (κ2) is 8.13. The number of carbonyl (C=O) groups is 2. The van der Waals surface area contributed by atoms with E-state index in [9.17, 15) is 14.0 Å². The second-order valence-electron chi connectivity index (χ2n) is 5.58. The first-order valence-corrected chi connectivity index (χ1v) is 8.82. The number of tetrazole rings is 1. The number of aryl methyl sites for hydroxylation is 1. The van der Waals surface area contributed by atoms with Crippen molar-refractivity contribution in [1.82, 2.24) is 30.4 Å². The van der Waals surface area contributed by atoms with Crippen molar-refractivity contribution in [2.45, 2.75) is 11.7 Å². The molecule has 11 heteroatoms. The van der Waals surface area contributed by atoms with Gasteiger partial charge < -0.3 is 15.0 Å². The van der Waals surface area contributed by atoms with E-state index in [4.69, 9.17) is 4.74 Å². The Morgan fingerprint density at radius 2 is 2.31 bits per heavy atom. The summed E-state index contributed by atoms with van der Waals surface area (Å²) >= 11 is 1.22. The Hall–Kier alpha value is -2.69. The van der Waals surface area contributed by atoms with Gasteiger partial charge in [0.25, 0.3) is 5.91 Å². The first-order chi connectivity index (χ1) is 12.5. The van der Waals surface area contributed by atoms with E-state index in [1.807, 2.05) is 0 Å². The summed E-state index contributed by atoms with van der Waals surface area (Å²) in [5, 5.41) is 14.2. The first kappa shape index (κ1) is 18.1. The molecule has 0 spiro atoms. The van der Waals surface area contributed by atoms with Crippen molar-refractivity contribution in [2.24, 2.45) is 7.05 Å². The van der Waals surface area contributed by atoms with Gasteiger partial charge in [0.05, 0.1) is 5.75 Å². The van der Waals surface area contributed by atoms with Crippen LogP contribution in [-0.2, 0) is 23.2 Å². The van der Waals surface area contributed by atoms with Crippen molar-refractivity contribution in [3.05, 3.63) is 29.6 Å². The molecule has 26 heavy (non-hydrogen) atoms. The summed E-state index contributed by atoms with van der Waals surface area (Å²) in [4.78, 5) is 25.6. The zero-order chi connectivity index (χ0) is 18.5. The van der Waals surface area contributed by atoms with Crippen LogP contribution in [0.5, 0.6) is 5.75 Å². The van der Waals surface area contributed by atoms with Crippen molar-refractivity contribution in [3.8, 4) is 5.75 Å². The standard InChI is InChI=1S/C15H17FN6O3S/c1-21-15(18-19-20-21)26-9-13(23)17-4-5-22-7-10-6-11(16)2-3-12(10)25-8-14(22)24/h2-3,6H,4-5,7-9H2,1H3,(H,17,23). The number of nitrogens with zero attached hydrogens (tertiary/aromatic N) is 5. The van der Waals surface area contributed by atoms with Crippen molar-refractivity contribution in [2.75, 3.05) is 25.4 Å². The Bertz CT molecular complexity index is 814. The summed E-state index contributed by atoms with van der Waals surface area (Å²) in [6, 6.07) is 4.16. The highest BCUT2D eigenvalue weighted by molar-refractivity contribution is 7.99. The van der Waals surface area contributed by atoms with Gasteiger partial charge in [-0.25, -0.2) is 9.07 Å². The van der Waals surface area contributed by atoms with Crippen LogP contribution < -0.4 is 10.1 Å². The van der Waals surface area contributed by atoms with Gasteiger partial charge in [-0.15, -0.1) is 5.10 Å². The third-order valence-electron chi connectivity index (χ3n) is 3.71. The van der Waals surface area contributed by atoms with Crippen LogP contribution in [0.25, 0.3) is 0 Å². The number of hydrogen-bond acceptors (Lipinski definition) is 7. The molecule has 138 valence electrons. The van der Waals surface area contributed by atoms with E-state index >= 15 is 0 Å². The Labute approximate surface area is 152 Å². The number of amides is 2. The summed E-state index contributed by atoms with van der Waals surface area (Å²) < 4.78 is 20.3. The van der Waals surface area contributed by atoms with E-state index < -0.39 is 0 Å². The lowest BCUT2D eigenvalue weighted by atomic mass is 10.2.